The summed E-state index contributed by atoms with van der Waals surface area (Å²) in [7, 11) is 0. The van der Waals surface area contributed by atoms with Crippen LogP contribution < -0.4 is 5.32 Å². The second kappa shape index (κ2) is 5.45. The molecule has 2 heterocycles. The Morgan fingerprint density at radius 2 is 2.05 bits per heavy atom. The minimum Gasteiger partial charge on any atom is -0.381 e. The summed E-state index contributed by atoms with van der Waals surface area (Å²) in [5.41, 5.74) is 0.278. The molecule has 0 aromatic rings. The molecule has 2 saturated carbocycles. The Morgan fingerprint density at radius 1 is 1.14 bits per heavy atom. The van der Waals surface area contributed by atoms with Gasteiger partial charge in [0.25, 0.3) is 0 Å². The quantitative estimate of drug-likeness (QED) is 0.850. The predicted molar refractivity (Wildman–Crippen MR) is 81.1 cm³/mol. The molecule has 0 aromatic carbocycles. The summed E-state index contributed by atoms with van der Waals surface area (Å²) in [6, 6.07) is 0.605. The van der Waals surface area contributed by atoms with Gasteiger partial charge in [0.05, 0.1) is 6.61 Å². The van der Waals surface area contributed by atoms with E-state index in [4.69, 9.17) is 4.74 Å². The van der Waals surface area contributed by atoms with E-state index in [1.807, 2.05) is 4.90 Å². The molecule has 0 aromatic heterocycles. The molecular formula is C17H28N2O2. The highest BCUT2D eigenvalue weighted by molar-refractivity contribution is 5.75. The molecule has 3 atom stereocenters. The van der Waals surface area contributed by atoms with E-state index < -0.39 is 0 Å². The molecule has 4 nitrogen and oxygen atoms in total. The van der Waals surface area contributed by atoms with Crippen molar-refractivity contribution in [2.24, 2.45) is 17.3 Å². The van der Waals surface area contributed by atoms with Crippen LogP contribution in [0.2, 0.25) is 0 Å². The molecule has 4 fully saturated rings. The third kappa shape index (κ3) is 2.92. The van der Waals surface area contributed by atoms with Gasteiger partial charge in [0, 0.05) is 31.2 Å². The molecule has 118 valence electrons. The fourth-order valence-electron chi connectivity index (χ4n) is 4.70. The Kier molecular flexibility index (Phi) is 3.60. The van der Waals surface area contributed by atoms with Gasteiger partial charge in [-0.1, -0.05) is 12.8 Å². The molecule has 3 unspecified atom stereocenters. The molecule has 2 amide bonds. The lowest BCUT2D eigenvalue weighted by Gasteiger charge is -2.31. The molecule has 1 spiro atoms. The highest BCUT2D eigenvalue weighted by Gasteiger charge is 2.43. The Bertz CT molecular complexity index is 402. The lowest BCUT2D eigenvalue weighted by Crippen LogP contribution is -2.46. The van der Waals surface area contributed by atoms with Crippen molar-refractivity contribution in [3.8, 4) is 0 Å². The van der Waals surface area contributed by atoms with E-state index in [1.165, 1.54) is 38.5 Å². The van der Waals surface area contributed by atoms with Gasteiger partial charge in [-0.2, -0.15) is 0 Å². The number of amides is 2. The standard InChI is InChI=1S/C17H28N2O2/c20-16(19-8-6-17(11-19)7-9-21-12-17)18-15-3-1-2-14(10-15)13-4-5-13/h13-15H,1-12H2,(H,18,20). The van der Waals surface area contributed by atoms with Crippen LogP contribution in [0, 0.1) is 17.3 Å². The number of rotatable bonds is 2. The fourth-order valence-corrected chi connectivity index (χ4v) is 4.70. The van der Waals surface area contributed by atoms with Gasteiger partial charge in [-0.25, -0.2) is 4.79 Å². The number of hydrogen-bond acceptors (Lipinski definition) is 2. The first-order chi connectivity index (χ1) is 10.2. The van der Waals surface area contributed by atoms with Crippen molar-refractivity contribution in [2.75, 3.05) is 26.3 Å². The molecule has 2 aliphatic carbocycles. The molecule has 2 aliphatic heterocycles. The maximum Gasteiger partial charge on any atom is 0.317 e. The van der Waals surface area contributed by atoms with Gasteiger partial charge in [-0.15, -0.1) is 0 Å². The third-order valence-electron chi connectivity index (χ3n) is 6.24. The van der Waals surface area contributed by atoms with Crippen LogP contribution in [0.3, 0.4) is 0 Å². The van der Waals surface area contributed by atoms with Gasteiger partial charge in [-0.05, 0) is 50.4 Å². The van der Waals surface area contributed by atoms with Crippen LogP contribution in [0.15, 0.2) is 0 Å². The van der Waals surface area contributed by atoms with Gasteiger partial charge in [0.1, 0.15) is 0 Å². The minimum atomic E-state index is 0.181. The van der Waals surface area contributed by atoms with Crippen LogP contribution in [0.25, 0.3) is 0 Å². The van der Waals surface area contributed by atoms with Crippen molar-refractivity contribution >= 4 is 6.03 Å². The summed E-state index contributed by atoms with van der Waals surface area (Å²) in [4.78, 5) is 14.6. The van der Waals surface area contributed by atoms with Crippen LogP contribution in [0.5, 0.6) is 0 Å². The van der Waals surface area contributed by atoms with Crippen LogP contribution in [-0.2, 0) is 4.74 Å². The molecule has 0 radical (unpaired) electrons. The Labute approximate surface area is 127 Å². The largest absolute Gasteiger partial charge is 0.381 e. The lowest BCUT2D eigenvalue weighted by atomic mass is 9.83. The molecule has 4 aliphatic rings. The number of carbonyl (C=O) groups is 1. The van der Waals surface area contributed by atoms with Crippen molar-refractivity contribution in [2.45, 2.75) is 57.4 Å². The van der Waals surface area contributed by atoms with E-state index in [2.05, 4.69) is 5.32 Å². The average Bonchev–Trinajstić information content (AvgIpc) is 3.12. The molecule has 2 saturated heterocycles. The van der Waals surface area contributed by atoms with Crippen molar-refractivity contribution < 1.29 is 9.53 Å². The van der Waals surface area contributed by atoms with Crippen LogP contribution in [0.1, 0.15) is 51.4 Å². The molecule has 0 bridgehead atoms. The number of likely N-dealkylation sites (tertiary alicyclic amines) is 1. The van der Waals surface area contributed by atoms with E-state index in [9.17, 15) is 4.79 Å². The molecule has 4 rings (SSSR count). The van der Waals surface area contributed by atoms with Crippen LogP contribution >= 0.6 is 0 Å². The Hall–Kier alpha value is -0.770. The van der Waals surface area contributed by atoms with Gasteiger partial charge >= 0.3 is 6.03 Å². The highest BCUT2D eigenvalue weighted by atomic mass is 16.5. The molecule has 21 heavy (non-hydrogen) atoms. The first kappa shape index (κ1) is 13.9. The van der Waals surface area contributed by atoms with E-state index in [0.717, 1.165) is 51.0 Å². The van der Waals surface area contributed by atoms with Gasteiger partial charge in [0.15, 0.2) is 0 Å². The summed E-state index contributed by atoms with van der Waals surface area (Å²) in [6.45, 7) is 3.54. The van der Waals surface area contributed by atoms with Gasteiger partial charge in [-0.3, -0.25) is 0 Å². The van der Waals surface area contributed by atoms with Gasteiger partial charge < -0.3 is 15.0 Å². The maximum absolute atomic E-state index is 12.5. The zero-order chi connectivity index (χ0) is 14.3. The second-order valence-corrected chi connectivity index (χ2v) is 7.88. The molecule has 4 heteroatoms. The summed E-state index contributed by atoms with van der Waals surface area (Å²) in [5.74, 6) is 1.87. The second-order valence-electron chi connectivity index (χ2n) is 7.88. The Morgan fingerprint density at radius 3 is 2.81 bits per heavy atom. The van der Waals surface area contributed by atoms with E-state index in [1.54, 1.807) is 0 Å². The molecule has 1 N–H and O–H groups in total. The summed E-state index contributed by atoms with van der Waals surface area (Å²) >= 11 is 0. The van der Waals surface area contributed by atoms with Crippen molar-refractivity contribution in [3.05, 3.63) is 0 Å². The number of hydrogen-bond donors (Lipinski definition) is 1. The monoisotopic (exact) mass is 292 g/mol. The number of carbonyl (C=O) groups excluding carboxylic acids is 1. The first-order valence-electron chi connectivity index (χ1n) is 8.87. The smallest absolute Gasteiger partial charge is 0.317 e. The molecular weight excluding hydrogens is 264 g/mol. The normalized spacial score (nSPS) is 39.9. The summed E-state index contributed by atoms with van der Waals surface area (Å²) in [6.07, 6.45) is 10.2. The van der Waals surface area contributed by atoms with E-state index in [0.29, 0.717) is 6.04 Å². The SMILES string of the molecule is O=C(NC1CCCC(C2CC2)C1)N1CCC2(CCOC2)C1. The van der Waals surface area contributed by atoms with E-state index in [-0.39, 0.29) is 11.4 Å². The highest BCUT2D eigenvalue weighted by Crippen LogP contribution is 2.44. The van der Waals surface area contributed by atoms with Crippen molar-refractivity contribution in [1.82, 2.24) is 10.2 Å². The topological polar surface area (TPSA) is 41.6 Å². The predicted octanol–water partition coefficient (Wildman–Crippen LogP) is 2.78. The number of nitrogens with zero attached hydrogens (tertiary/aromatic N) is 1. The van der Waals surface area contributed by atoms with Gasteiger partial charge in [0.2, 0.25) is 0 Å². The fraction of sp³-hybridized carbons (Fsp3) is 0.941. The average molecular weight is 292 g/mol. The number of nitrogens with one attached hydrogen (secondary N) is 1. The third-order valence-corrected chi connectivity index (χ3v) is 6.24. The van der Waals surface area contributed by atoms with Crippen molar-refractivity contribution in [1.29, 1.82) is 0 Å². The zero-order valence-corrected chi connectivity index (χ0v) is 13.0. The Balaban J connectivity index is 1.29. The number of ether oxygens (including phenoxy) is 1. The number of urea groups is 1. The lowest BCUT2D eigenvalue weighted by molar-refractivity contribution is 0.151. The van der Waals surface area contributed by atoms with Crippen LogP contribution in [-0.4, -0.2) is 43.3 Å². The van der Waals surface area contributed by atoms with Crippen LogP contribution in [0.4, 0.5) is 4.79 Å². The van der Waals surface area contributed by atoms with Crippen molar-refractivity contribution in [3.63, 3.8) is 0 Å². The minimum absolute atomic E-state index is 0.181. The summed E-state index contributed by atoms with van der Waals surface area (Å²) in [5, 5.41) is 3.33. The first-order valence-corrected chi connectivity index (χ1v) is 8.87. The zero-order valence-electron chi connectivity index (χ0n) is 13.0. The van der Waals surface area contributed by atoms with E-state index >= 15 is 0 Å². The maximum atomic E-state index is 12.5. The summed E-state index contributed by atoms with van der Waals surface area (Å²) < 4.78 is 5.55.